The first-order valence-corrected chi connectivity index (χ1v) is 8.44. The molecule has 0 spiro atoms. The van der Waals surface area contributed by atoms with E-state index in [1.54, 1.807) is 52.0 Å². The van der Waals surface area contributed by atoms with Crippen LogP contribution in [-0.4, -0.2) is 31.9 Å². The molecule has 0 saturated heterocycles. The molecule has 0 aliphatic rings. The van der Waals surface area contributed by atoms with Crippen molar-refractivity contribution in [3.8, 4) is 0 Å². The van der Waals surface area contributed by atoms with E-state index in [1.165, 1.54) is 0 Å². The van der Waals surface area contributed by atoms with Crippen LogP contribution in [0.3, 0.4) is 0 Å². The third kappa shape index (κ3) is 8.98. The van der Waals surface area contributed by atoms with Gasteiger partial charge >= 0.3 is 6.09 Å². The molecule has 1 amide bonds. The lowest BCUT2D eigenvalue weighted by Crippen LogP contribution is -2.27. The van der Waals surface area contributed by atoms with Gasteiger partial charge in [0.15, 0.2) is 0 Å². The highest BCUT2D eigenvalue weighted by Gasteiger charge is 2.16. The highest BCUT2D eigenvalue weighted by molar-refractivity contribution is 5.83. The summed E-state index contributed by atoms with van der Waals surface area (Å²) in [6.45, 7) is 8.93. The van der Waals surface area contributed by atoms with E-state index in [-0.39, 0.29) is 13.2 Å². The second-order valence-electron chi connectivity index (χ2n) is 6.99. The summed E-state index contributed by atoms with van der Waals surface area (Å²) in [6.07, 6.45) is -0.556. The van der Waals surface area contributed by atoms with Gasteiger partial charge in [-0.3, -0.25) is 5.32 Å². The molecular formula is C19H28N4O4. The van der Waals surface area contributed by atoms with Gasteiger partial charge in [0, 0.05) is 11.4 Å². The number of aliphatic hydroxyl groups is 2. The van der Waals surface area contributed by atoms with Crippen LogP contribution in [0, 0.1) is 13.8 Å². The number of carbonyl (C=O) groups excluding carboxylic acids is 1. The van der Waals surface area contributed by atoms with Crippen LogP contribution in [0.15, 0.2) is 24.3 Å². The summed E-state index contributed by atoms with van der Waals surface area (Å²) in [5.74, 6) is 0.840. The quantitative estimate of drug-likeness (QED) is 0.648. The molecule has 5 N–H and O–H groups in total. The van der Waals surface area contributed by atoms with E-state index in [9.17, 15) is 4.79 Å². The van der Waals surface area contributed by atoms with Gasteiger partial charge in [0.2, 0.25) is 0 Å². The number of pyridine rings is 2. The number of ether oxygens (including phenoxy) is 1. The van der Waals surface area contributed by atoms with E-state index in [1.807, 2.05) is 6.92 Å². The van der Waals surface area contributed by atoms with Gasteiger partial charge in [-0.25, -0.2) is 14.8 Å². The second-order valence-corrected chi connectivity index (χ2v) is 6.99. The molecule has 0 bridgehead atoms. The molecule has 2 heterocycles. The van der Waals surface area contributed by atoms with Crippen LogP contribution in [0.25, 0.3) is 0 Å². The summed E-state index contributed by atoms with van der Waals surface area (Å²) in [4.78, 5) is 19.6. The van der Waals surface area contributed by atoms with Gasteiger partial charge in [0.25, 0.3) is 0 Å². The summed E-state index contributed by atoms with van der Waals surface area (Å²) in [5.41, 5.74) is 7.93. The Morgan fingerprint density at radius 2 is 1.56 bits per heavy atom. The largest absolute Gasteiger partial charge is 0.444 e. The van der Waals surface area contributed by atoms with Crippen LogP contribution in [0.1, 0.15) is 43.3 Å². The average Bonchev–Trinajstić information content (AvgIpc) is 2.51. The smallest absolute Gasteiger partial charge is 0.413 e. The molecule has 0 radical (unpaired) electrons. The summed E-state index contributed by atoms with van der Waals surface area (Å²) in [5, 5.41) is 20.3. The minimum atomic E-state index is -0.556. The Hall–Kier alpha value is -2.71. The van der Waals surface area contributed by atoms with Gasteiger partial charge in [0.05, 0.1) is 13.2 Å². The number of nitrogens with two attached hydrogens (primary N) is 1. The summed E-state index contributed by atoms with van der Waals surface area (Å²) in [6, 6.07) is 6.82. The van der Waals surface area contributed by atoms with Gasteiger partial charge in [-0.2, -0.15) is 0 Å². The maximum atomic E-state index is 11.5. The monoisotopic (exact) mass is 376 g/mol. The van der Waals surface area contributed by atoms with E-state index >= 15 is 0 Å². The van der Waals surface area contributed by atoms with Gasteiger partial charge < -0.3 is 20.7 Å². The van der Waals surface area contributed by atoms with E-state index < -0.39 is 11.7 Å². The lowest BCUT2D eigenvalue weighted by Gasteiger charge is -2.19. The van der Waals surface area contributed by atoms with E-state index in [2.05, 4.69) is 15.3 Å². The van der Waals surface area contributed by atoms with Crippen LogP contribution in [-0.2, 0) is 18.0 Å². The molecule has 2 aromatic heterocycles. The van der Waals surface area contributed by atoms with Crippen molar-refractivity contribution >= 4 is 17.7 Å². The van der Waals surface area contributed by atoms with E-state index in [4.69, 9.17) is 20.7 Å². The van der Waals surface area contributed by atoms with Crippen LogP contribution < -0.4 is 11.1 Å². The molecule has 0 aliphatic carbocycles. The number of hydrogen-bond donors (Lipinski definition) is 4. The summed E-state index contributed by atoms with van der Waals surface area (Å²) < 4.78 is 5.10. The van der Waals surface area contributed by atoms with Crippen LogP contribution in [0.2, 0.25) is 0 Å². The number of amides is 1. The number of aromatic nitrogens is 2. The normalized spacial score (nSPS) is 10.6. The first-order valence-electron chi connectivity index (χ1n) is 8.44. The Labute approximate surface area is 159 Å². The number of rotatable bonds is 3. The lowest BCUT2D eigenvalue weighted by atomic mass is 10.2. The lowest BCUT2D eigenvalue weighted by molar-refractivity contribution is 0.0635. The summed E-state index contributed by atoms with van der Waals surface area (Å²) in [7, 11) is 0. The van der Waals surface area contributed by atoms with Crippen molar-refractivity contribution in [1.29, 1.82) is 0 Å². The van der Waals surface area contributed by atoms with Gasteiger partial charge in [-0.05, 0) is 70.0 Å². The number of nitrogens with one attached hydrogen (secondary N) is 1. The topological polar surface area (TPSA) is 131 Å². The molecule has 148 valence electrons. The Bertz CT molecular complexity index is 753. The molecule has 2 rings (SSSR count). The van der Waals surface area contributed by atoms with Crippen molar-refractivity contribution in [1.82, 2.24) is 9.97 Å². The van der Waals surface area contributed by atoms with Crippen molar-refractivity contribution in [2.24, 2.45) is 0 Å². The minimum Gasteiger partial charge on any atom is -0.444 e. The Balaban J connectivity index is 0.000000309. The molecule has 0 atom stereocenters. The fraction of sp³-hybridized carbons (Fsp3) is 0.421. The number of aryl methyl sites for hydroxylation is 2. The maximum Gasteiger partial charge on any atom is 0.413 e. The number of anilines is 2. The van der Waals surface area contributed by atoms with Crippen LogP contribution >= 0.6 is 0 Å². The zero-order chi connectivity index (χ0) is 20.6. The van der Waals surface area contributed by atoms with Crippen molar-refractivity contribution in [3.05, 3.63) is 46.8 Å². The molecule has 0 aromatic carbocycles. The molecule has 0 aliphatic heterocycles. The molecule has 27 heavy (non-hydrogen) atoms. The van der Waals surface area contributed by atoms with Crippen molar-refractivity contribution in [2.75, 3.05) is 11.1 Å². The molecule has 8 heteroatoms. The fourth-order valence-corrected chi connectivity index (χ4v) is 2.16. The third-order valence-corrected chi connectivity index (χ3v) is 3.04. The zero-order valence-corrected chi connectivity index (χ0v) is 16.4. The predicted molar refractivity (Wildman–Crippen MR) is 104 cm³/mol. The molecule has 0 fully saturated rings. The molecule has 0 saturated carbocycles. The molecular weight excluding hydrogens is 348 g/mol. The highest BCUT2D eigenvalue weighted by Crippen LogP contribution is 2.13. The molecule has 8 nitrogen and oxygen atoms in total. The molecule has 0 unspecified atom stereocenters. The Morgan fingerprint density at radius 3 is 2.04 bits per heavy atom. The van der Waals surface area contributed by atoms with E-state index in [0.717, 1.165) is 17.0 Å². The second kappa shape index (κ2) is 9.84. The zero-order valence-electron chi connectivity index (χ0n) is 16.4. The number of carbonyl (C=O) groups is 1. The predicted octanol–water partition coefficient (Wildman–Crippen LogP) is 2.69. The number of nitrogens with zero attached hydrogens (tertiary/aromatic N) is 2. The van der Waals surface area contributed by atoms with Gasteiger partial charge in [0.1, 0.15) is 17.2 Å². The summed E-state index contributed by atoms with van der Waals surface area (Å²) >= 11 is 0. The first kappa shape index (κ1) is 22.3. The number of nitrogen functional groups attached to an aromatic ring is 1. The third-order valence-electron chi connectivity index (χ3n) is 3.04. The van der Waals surface area contributed by atoms with Gasteiger partial charge in [-0.15, -0.1) is 0 Å². The highest BCUT2D eigenvalue weighted by atomic mass is 16.6. The molecule has 2 aromatic rings. The maximum absolute atomic E-state index is 11.5. The van der Waals surface area contributed by atoms with E-state index in [0.29, 0.717) is 17.2 Å². The Morgan fingerprint density at radius 1 is 1.04 bits per heavy atom. The standard InChI is InChI=1S/C12H18N2O3.C7H10N2O/c1-8-5-9(7-15)6-10(13-8)14-11(16)17-12(2,3)4;1-5-2-6(4-10)3-7(8)9-5/h5-6,15H,7H2,1-4H3,(H,13,14,16);2-3,10H,4H2,1H3,(H2,8,9). The van der Waals surface area contributed by atoms with Gasteiger partial charge in [-0.1, -0.05) is 0 Å². The fourth-order valence-electron chi connectivity index (χ4n) is 2.16. The van der Waals surface area contributed by atoms with Crippen LogP contribution in [0.5, 0.6) is 0 Å². The Kier molecular flexibility index (Phi) is 8.14. The first-order chi connectivity index (χ1) is 12.5. The number of aliphatic hydroxyl groups excluding tert-OH is 2. The minimum absolute atomic E-state index is 0.0214. The SMILES string of the molecule is Cc1cc(CO)cc(N)n1.Cc1cc(CO)cc(NC(=O)OC(C)(C)C)n1. The number of hydrogen-bond acceptors (Lipinski definition) is 7. The van der Waals surface area contributed by atoms with Crippen molar-refractivity contribution in [2.45, 2.75) is 53.4 Å². The van der Waals surface area contributed by atoms with Crippen LogP contribution in [0.4, 0.5) is 16.4 Å². The van der Waals surface area contributed by atoms with Crippen molar-refractivity contribution < 1.29 is 19.7 Å². The average molecular weight is 376 g/mol. The van der Waals surface area contributed by atoms with Crippen molar-refractivity contribution in [3.63, 3.8) is 0 Å².